The highest BCUT2D eigenvalue weighted by molar-refractivity contribution is 5.96. The van der Waals surface area contributed by atoms with E-state index in [2.05, 4.69) is 5.32 Å². The molecule has 0 radical (unpaired) electrons. The molecule has 0 aromatic heterocycles. The van der Waals surface area contributed by atoms with E-state index >= 15 is 0 Å². The van der Waals surface area contributed by atoms with Gasteiger partial charge in [0.25, 0.3) is 0 Å². The van der Waals surface area contributed by atoms with Gasteiger partial charge in [0.2, 0.25) is 11.8 Å². The number of nitrogens with zero attached hydrogens (tertiary/aromatic N) is 3. The van der Waals surface area contributed by atoms with Crippen LogP contribution in [-0.4, -0.2) is 71.3 Å². The lowest BCUT2D eigenvalue weighted by atomic mass is 10.1. The van der Waals surface area contributed by atoms with Crippen LogP contribution in [0.2, 0.25) is 0 Å². The number of urea groups is 1. The Kier molecular flexibility index (Phi) is 5.62. The number of carbonyl (C=O) groups excluding carboxylic acids is 3. The number of halogens is 1. The molecule has 3 rings (SSSR count). The summed E-state index contributed by atoms with van der Waals surface area (Å²) in [5.74, 6) is -0.487. The van der Waals surface area contributed by atoms with Crippen LogP contribution in [0.4, 0.5) is 14.9 Å². The molecule has 0 spiro atoms. The number of fused-ring (bicyclic) bond motifs is 1. The van der Waals surface area contributed by atoms with Crippen LogP contribution in [-0.2, 0) is 9.59 Å². The first-order chi connectivity index (χ1) is 12.9. The van der Waals surface area contributed by atoms with Crippen molar-refractivity contribution in [2.45, 2.75) is 26.3 Å². The first-order valence-electron chi connectivity index (χ1n) is 9.25. The van der Waals surface area contributed by atoms with E-state index in [0.717, 1.165) is 0 Å². The molecule has 1 aromatic rings. The van der Waals surface area contributed by atoms with Gasteiger partial charge < -0.3 is 20.0 Å². The second kappa shape index (κ2) is 7.94. The summed E-state index contributed by atoms with van der Waals surface area (Å²) in [4.78, 5) is 42.6. The van der Waals surface area contributed by atoms with Crippen molar-refractivity contribution in [1.29, 1.82) is 0 Å². The maximum atomic E-state index is 13.8. The van der Waals surface area contributed by atoms with E-state index in [0.29, 0.717) is 26.1 Å². The van der Waals surface area contributed by atoms with Crippen molar-refractivity contribution < 1.29 is 18.8 Å². The number of benzene rings is 1. The molecule has 1 aromatic carbocycles. The molecule has 8 heteroatoms. The SMILES string of the molecule is CC(C)CN1CC(=O)N2CCCN(C(=O)Nc3ccccc3F)CC2C1=O. The lowest BCUT2D eigenvalue weighted by Gasteiger charge is -2.40. The maximum absolute atomic E-state index is 13.8. The van der Waals surface area contributed by atoms with Crippen molar-refractivity contribution in [1.82, 2.24) is 14.7 Å². The molecule has 2 heterocycles. The average molecular weight is 376 g/mol. The van der Waals surface area contributed by atoms with Crippen molar-refractivity contribution in [2.24, 2.45) is 5.92 Å². The topological polar surface area (TPSA) is 73.0 Å². The third kappa shape index (κ3) is 4.20. The van der Waals surface area contributed by atoms with Crippen molar-refractivity contribution in [3.05, 3.63) is 30.1 Å². The highest BCUT2D eigenvalue weighted by atomic mass is 19.1. The number of nitrogens with one attached hydrogen (secondary N) is 1. The number of rotatable bonds is 3. The Hall–Kier alpha value is -2.64. The molecule has 0 aliphatic carbocycles. The summed E-state index contributed by atoms with van der Waals surface area (Å²) in [5.41, 5.74) is 0.0936. The van der Waals surface area contributed by atoms with E-state index in [1.54, 1.807) is 21.9 Å². The van der Waals surface area contributed by atoms with E-state index in [1.165, 1.54) is 17.0 Å². The van der Waals surface area contributed by atoms with Crippen LogP contribution < -0.4 is 5.32 Å². The molecule has 1 N–H and O–H groups in total. The van der Waals surface area contributed by atoms with Crippen LogP contribution in [0.25, 0.3) is 0 Å². The molecule has 4 amide bonds. The van der Waals surface area contributed by atoms with Gasteiger partial charge >= 0.3 is 6.03 Å². The van der Waals surface area contributed by atoms with Crippen molar-refractivity contribution in [2.75, 3.05) is 38.0 Å². The summed E-state index contributed by atoms with van der Waals surface area (Å²) in [6.07, 6.45) is 0.574. The van der Waals surface area contributed by atoms with Crippen molar-refractivity contribution in [3.63, 3.8) is 0 Å². The molecular weight excluding hydrogens is 351 g/mol. The monoisotopic (exact) mass is 376 g/mol. The Morgan fingerprint density at radius 3 is 2.70 bits per heavy atom. The lowest BCUT2D eigenvalue weighted by molar-refractivity contribution is -0.156. The predicted molar refractivity (Wildman–Crippen MR) is 98.5 cm³/mol. The molecule has 2 aliphatic heterocycles. The van der Waals surface area contributed by atoms with Gasteiger partial charge in [0.05, 0.1) is 18.8 Å². The predicted octanol–water partition coefficient (Wildman–Crippen LogP) is 1.76. The van der Waals surface area contributed by atoms with E-state index in [1.807, 2.05) is 13.8 Å². The Labute approximate surface area is 158 Å². The fraction of sp³-hybridized carbons (Fsp3) is 0.526. The number of hydrogen-bond donors (Lipinski definition) is 1. The number of amides is 4. The lowest BCUT2D eigenvalue weighted by Crippen LogP contribution is -2.62. The standard InChI is InChI=1S/C19H25FN4O3/c1-13(2)10-23-12-17(25)24-9-5-8-22(11-16(24)18(23)26)19(27)21-15-7-4-3-6-14(15)20/h3-4,6-7,13,16H,5,8-12H2,1-2H3,(H,21,27). The summed E-state index contributed by atoms with van der Waals surface area (Å²) < 4.78 is 13.8. The van der Waals surface area contributed by atoms with Crippen LogP contribution >= 0.6 is 0 Å². The minimum atomic E-state index is -0.682. The van der Waals surface area contributed by atoms with E-state index < -0.39 is 17.9 Å². The molecule has 1 atom stereocenters. The van der Waals surface area contributed by atoms with Crippen LogP contribution in [0, 0.1) is 11.7 Å². The third-order valence-corrected chi connectivity index (χ3v) is 4.83. The average Bonchev–Trinajstić information content (AvgIpc) is 2.84. The molecule has 7 nitrogen and oxygen atoms in total. The molecular formula is C19H25FN4O3. The van der Waals surface area contributed by atoms with Gasteiger partial charge in [-0.3, -0.25) is 9.59 Å². The molecule has 0 bridgehead atoms. The number of carbonyl (C=O) groups is 3. The zero-order valence-electron chi connectivity index (χ0n) is 15.7. The minimum Gasteiger partial charge on any atom is -0.331 e. The van der Waals surface area contributed by atoms with Gasteiger partial charge in [-0.25, -0.2) is 9.18 Å². The molecule has 2 saturated heterocycles. The van der Waals surface area contributed by atoms with Gasteiger partial charge in [0.15, 0.2) is 0 Å². The first-order valence-corrected chi connectivity index (χ1v) is 9.25. The zero-order chi connectivity index (χ0) is 19.6. The van der Waals surface area contributed by atoms with E-state index in [4.69, 9.17) is 0 Å². The Bertz CT molecular complexity index is 739. The van der Waals surface area contributed by atoms with Gasteiger partial charge in [-0.15, -0.1) is 0 Å². The van der Waals surface area contributed by atoms with Gasteiger partial charge in [0, 0.05) is 19.6 Å². The summed E-state index contributed by atoms with van der Waals surface area (Å²) in [5, 5.41) is 2.56. The van der Waals surface area contributed by atoms with Gasteiger partial charge in [-0.2, -0.15) is 0 Å². The van der Waals surface area contributed by atoms with Gasteiger partial charge in [-0.1, -0.05) is 26.0 Å². The fourth-order valence-electron chi connectivity index (χ4n) is 3.58. The normalized spacial score (nSPS) is 20.6. The van der Waals surface area contributed by atoms with Crippen LogP contribution in [0.1, 0.15) is 20.3 Å². The maximum Gasteiger partial charge on any atom is 0.322 e. The molecule has 2 aliphatic rings. The summed E-state index contributed by atoms with van der Waals surface area (Å²) in [7, 11) is 0. The quantitative estimate of drug-likeness (QED) is 0.874. The largest absolute Gasteiger partial charge is 0.331 e. The zero-order valence-corrected chi connectivity index (χ0v) is 15.7. The minimum absolute atomic E-state index is 0.0865. The van der Waals surface area contributed by atoms with Crippen LogP contribution in [0.5, 0.6) is 0 Å². The molecule has 146 valence electrons. The van der Waals surface area contributed by atoms with Crippen LogP contribution in [0.15, 0.2) is 24.3 Å². The first kappa shape index (κ1) is 19.1. The van der Waals surface area contributed by atoms with Crippen molar-refractivity contribution in [3.8, 4) is 0 Å². The number of anilines is 1. The highest BCUT2D eigenvalue weighted by Gasteiger charge is 2.42. The second-order valence-corrected chi connectivity index (χ2v) is 7.43. The smallest absolute Gasteiger partial charge is 0.322 e. The van der Waals surface area contributed by atoms with E-state index in [9.17, 15) is 18.8 Å². The number of piperazine rings is 1. The Morgan fingerprint density at radius 1 is 1.26 bits per heavy atom. The van der Waals surface area contributed by atoms with E-state index in [-0.39, 0.29) is 36.5 Å². The molecule has 2 fully saturated rings. The molecule has 27 heavy (non-hydrogen) atoms. The van der Waals surface area contributed by atoms with Gasteiger partial charge in [0.1, 0.15) is 11.9 Å². The molecule has 1 unspecified atom stereocenters. The third-order valence-electron chi connectivity index (χ3n) is 4.83. The second-order valence-electron chi connectivity index (χ2n) is 7.43. The summed E-state index contributed by atoms with van der Waals surface area (Å²) in [6.45, 7) is 5.54. The Balaban J connectivity index is 1.74. The van der Waals surface area contributed by atoms with Crippen molar-refractivity contribution >= 4 is 23.5 Å². The van der Waals surface area contributed by atoms with Gasteiger partial charge in [-0.05, 0) is 24.5 Å². The number of hydrogen-bond acceptors (Lipinski definition) is 3. The highest BCUT2D eigenvalue weighted by Crippen LogP contribution is 2.20. The summed E-state index contributed by atoms with van der Waals surface area (Å²) >= 11 is 0. The molecule has 0 saturated carbocycles. The summed E-state index contributed by atoms with van der Waals surface area (Å²) in [6, 6.07) is 4.78. The fourth-order valence-corrected chi connectivity index (χ4v) is 3.58. The Morgan fingerprint density at radius 2 is 2.00 bits per heavy atom. The van der Waals surface area contributed by atoms with Crippen LogP contribution in [0.3, 0.4) is 0 Å². The number of para-hydroxylation sites is 1.